The number of hydrogen-bond donors (Lipinski definition) is 2. The molecular formula is C8H9N3O2. The van der Waals surface area contributed by atoms with Gasteiger partial charge in [-0.25, -0.2) is 0 Å². The summed E-state index contributed by atoms with van der Waals surface area (Å²) in [5.41, 5.74) is 0.834. The van der Waals surface area contributed by atoms with E-state index < -0.39 is 4.92 Å². The summed E-state index contributed by atoms with van der Waals surface area (Å²) in [6.45, 7) is 0. The van der Waals surface area contributed by atoms with Crippen molar-refractivity contribution in [1.29, 1.82) is 5.41 Å². The maximum absolute atomic E-state index is 10.5. The molecule has 0 aliphatic heterocycles. The van der Waals surface area contributed by atoms with E-state index in [2.05, 4.69) is 5.32 Å². The van der Waals surface area contributed by atoms with E-state index in [9.17, 15) is 10.1 Å². The first-order chi connectivity index (χ1) is 6.20. The summed E-state index contributed by atoms with van der Waals surface area (Å²) >= 11 is 0. The lowest BCUT2D eigenvalue weighted by Crippen LogP contribution is -1.99. The van der Waals surface area contributed by atoms with Gasteiger partial charge in [-0.1, -0.05) is 6.07 Å². The van der Waals surface area contributed by atoms with Crippen LogP contribution >= 0.6 is 0 Å². The van der Waals surface area contributed by atoms with Crippen molar-refractivity contribution >= 4 is 17.6 Å². The van der Waals surface area contributed by atoms with Crippen LogP contribution in [-0.4, -0.2) is 18.2 Å². The minimum absolute atomic E-state index is 0.0538. The molecule has 0 aromatic heterocycles. The molecule has 1 aromatic carbocycles. The van der Waals surface area contributed by atoms with Gasteiger partial charge in [0.15, 0.2) is 0 Å². The van der Waals surface area contributed by atoms with Gasteiger partial charge in [-0.05, 0) is 6.07 Å². The van der Waals surface area contributed by atoms with Crippen LogP contribution in [0.25, 0.3) is 0 Å². The van der Waals surface area contributed by atoms with Gasteiger partial charge in [-0.15, -0.1) is 0 Å². The number of hydrogen-bond acceptors (Lipinski definition) is 4. The van der Waals surface area contributed by atoms with E-state index in [4.69, 9.17) is 5.41 Å². The van der Waals surface area contributed by atoms with E-state index in [1.54, 1.807) is 19.2 Å². The molecule has 13 heavy (non-hydrogen) atoms. The standard InChI is InChI=1S/C8H9N3O2/c1-10-7-3-2-4-8(11(12)13)6(7)5-9/h2-5,9-10H,1H3. The van der Waals surface area contributed by atoms with E-state index in [1.807, 2.05) is 0 Å². The van der Waals surface area contributed by atoms with E-state index >= 15 is 0 Å². The minimum Gasteiger partial charge on any atom is -0.387 e. The number of benzene rings is 1. The molecule has 0 saturated carbocycles. The van der Waals surface area contributed by atoms with Crippen molar-refractivity contribution in [1.82, 2.24) is 0 Å². The van der Waals surface area contributed by atoms with E-state index in [0.29, 0.717) is 11.3 Å². The number of anilines is 1. The maximum Gasteiger partial charge on any atom is 0.280 e. The lowest BCUT2D eigenvalue weighted by molar-refractivity contribution is -0.384. The van der Waals surface area contributed by atoms with Crippen LogP contribution in [0.5, 0.6) is 0 Å². The molecule has 0 unspecified atom stereocenters. The van der Waals surface area contributed by atoms with E-state index in [-0.39, 0.29) is 5.69 Å². The third-order valence-electron chi connectivity index (χ3n) is 1.69. The van der Waals surface area contributed by atoms with Crippen molar-refractivity contribution in [3.05, 3.63) is 33.9 Å². The van der Waals surface area contributed by atoms with Gasteiger partial charge in [0.2, 0.25) is 0 Å². The number of nitro groups is 1. The highest BCUT2D eigenvalue weighted by molar-refractivity contribution is 5.91. The normalized spacial score (nSPS) is 9.31. The van der Waals surface area contributed by atoms with Crippen LogP contribution < -0.4 is 5.32 Å². The summed E-state index contributed by atoms with van der Waals surface area (Å²) in [6.07, 6.45) is 0.976. The van der Waals surface area contributed by atoms with Gasteiger partial charge in [0.05, 0.1) is 10.5 Å². The zero-order chi connectivity index (χ0) is 9.84. The third-order valence-corrected chi connectivity index (χ3v) is 1.69. The Morgan fingerprint density at radius 2 is 2.31 bits per heavy atom. The highest BCUT2D eigenvalue weighted by Gasteiger charge is 2.13. The Hall–Kier alpha value is -1.91. The first-order valence-electron chi connectivity index (χ1n) is 3.66. The molecule has 0 heterocycles. The van der Waals surface area contributed by atoms with Crippen LogP contribution in [0.2, 0.25) is 0 Å². The van der Waals surface area contributed by atoms with Gasteiger partial charge in [0.25, 0.3) is 5.69 Å². The second-order valence-corrected chi connectivity index (χ2v) is 2.39. The van der Waals surface area contributed by atoms with E-state index in [1.165, 1.54) is 6.07 Å². The van der Waals surface area contributed by atoms with Crippen molar-refractivity contribution in [3.8, 4) is 0 Å². The SMILES string of the molecule is CNc1cccc([N+](=O)[O-])c1C=N. The average molecular weight is 179 g/mol. The highest BCUT2D eigenvalue weighted by atomic mass is 16.6. The molecular weight excluding hydrogens is 170 g/mol. The quantitative estimate of drug-likeness (QED) is 0.420. The van der Waals surface area contributed by atoms with E-state index in [0.717, 1.165) is 6.21 Å². The monoisotopic (exact) mass is 179 g/mol. The number of rotatable bonds is 3. The Bertz CT molecular complexity index is 349. The molecule has 0 amide bonds. The summed E-state index contributed by atoms with van der Waals surface area (Å²) < 4.78 is 0. The molecule has 0 bridgehead atoms. The van der Waals surface area contributed by atoms with Crippen molar-refractivity contribution < 1.29 is 4.92 Å². The number of nitrogens with zero attached hydrogens (tertiary/aromatic N) is 1. The van der Waals surface area contributed by atoms with Crippen LogP contribution in [0.3, 0.4) is 0 Å². The van der Waals surface area contributed by atoms with Crippen LogP contribution in [0.1, 0.15) is 5.56 Å². The van der Waals surface area contributed by atoms with Gasteiger partial charge in [-0.3, -0.25) is 10.1 Å². The molecule has 1 aromatic rings. The molecule has 5 nitrogen and oxygen atoms in total. The number of nitro benzene ring substituents is 1. The summed E-state index contributed by atoms with van der Waals surface area (Å²) in [4.78, 5) is 10.0. The predicted molar refractivity (Wildman–Crippen MR) is 50.5 cm³/mol. The fraction of sp³-hybridized carbons (Fsp3) is 0.125. The smallest absolute Gasteiger partial charge is 0.280 e. The Morgan fingerprint density at radius 3 is 2.77 bits per heavy atom. The minimum atomic E-state index is -0.499. The first-order valence-corrected chi connectivity index (χ1v) is 3.66. The zero-order valence-electron chi connectivity index (χ0n) is 7.07. The average Bonchev–Trinajstić information content (AvgIpc) is 2.16. The first kappa shape index (κ1) is 9.18. The molecule has 0 spiro atoms. The fourth-order valence-corrected chi connectivity index (χ4v) is 1.08. The lowest BCUT2D eigenvalue weighted by atomic mass is 10.1. The molecule has 0 radical (unpaired) electrons. The predicted octanol–water partition coefficient (Wildman–Crippen LogP) is 1.63. The van der Waals surface area contributed by atoms with Crippen molar-refractivity contribution in [2.45, 2.75) is 0 Å². The molecule has 1 rings (SSSR count). The highest BCUT2D eigenvalue weighted by Crippen LogP contribution is 2.23. The summed E-state index contributed by atoms with van der Waals surface area (Å²) in [6, 6.07) is 4.64. The van der Waals surface area contributed by atoms with Crippen LogP contribution in [0.4, 0.5) is 11.4 Å². The van der Waals surface area contributed by atoms with Crippen molar-refractivity contribution in [2.24, 2.45) is 0 Å². The molecule has 0 aliphatic carbocycles. The van der Waals surface area contributed by atoms with Crippen molar-refractivity contribution in [3.63, 3.8) is 0 Å². The zero-order valence-corrected chi connectivity index (χ0v) is 7.07. The van der Waals surface area contributed by atoms with Crippen molar-refractivity contribution in [2.75, 3.05) is 12.4 Å². The lowest BCUT2D eigenvalue weighted by Gasteiger charge is -2.03. The van der Waals surface area contributed by atoms with Gasteiger partial charge in [0.1, 0.15) is 0 Å². The second kappa shape index (κ2) is 3.66. The third kappa shape index (κ3) is 1.64. The Kier molecular flexibility index (Phi) is 2.59. The molecule has 68 valence electrons. The molecule has 5 heteroatoms. The Labute approximate surface area is 75.0 Å². The molecule has 0 fully saturated rings. The Balaban J connectivity index is 3.35. The maximum atomic E-state index is 10.5. The molecule has 2 N–H and O–H groups in total. The fourth-order valence-electron chi connectivity index (χ4n) is 1.08. The van der Waals surface area contributed by atoms with Gasteiger partial charge >= 0.3 is 0 Å². The Morgan fingerprint density at radius 1 is 1.62 bits per heavy atom. The summed E-state index contributed by atoms with van der Waals surface area (Å²) in [7, 11) is 1.66. The van der Waals surface area contributed by atoms with Gasteiger partial charge in [-0.2, -0.15) is 0 Å². The van der Waals surface area contributed by atoms with Crippen LogP contribution in [0, 0.1) is 15.5 Å². The molecule has 0 atom stereocenters. The largest absolute Gasteiger partial charge is 0.387 e. The van der Waals surface area contributed by atoms with Gasteiger partial charge in [0, 0.05) is 25.0 Å². The second-order valence-electron chi connectivity index (χ2n) is 2.39. The topological polar surface area (TPSA) is 79.0 Å². The molecule has 0 aliphatic rings. The summed E-state index contributed by atoms with van der Waals surface area (Å²) in [5.74, 6) is 0. The summed E-state index contributed by atoms with van der Waals surface area (Å²) in [5, 5.41) is 20.4. The van der Waals surface area contributed by atoms with Gasteiger partial charge < -0.3 is 10.7 Å². The molecule has 0 saturated heterocycles. The van der Waals surface area contributed by atoms with Crippen LogP contribution in [0.15, 0.2) is 18.2 Å². The van der Waals surface area contributed by atoms with Crippen LogP contribution in [-0.2, 0) is 0 Å². The number of nitrogens with one attached hydrogen (secondary N) is 2.